The van der Waals surface area contributed by atoms with Crippen LogP contribution in [0.4, 0.5) is 18.0 Å². The number of carbonyl (C=O) groups is 2. The Bertz CT molecular complexity index is 1050. The second kappa shape index (κ2) is 11.9. The maximum absolute atomic E-state index is 13.2. The van der Waals surface area contributed by atoms with E-state index in [-0.39, 0.29) is 6.42 Å². The molecule has 0 saturated heterocycles. The fraction of sp³-hybridized carbons (Fsp3) is 0.519. The van der Waals surface area contributed by atoms with Gasteiger partial charge in [-0.1, -0.05) is 30.3 Å². The SMILES string of the molecule is CC(C)(C)OC(=O)NC(C)(C)c1ccc(-c2ccc(C(CCF)OC(C)(C)NC(=O)C(F)F)cc2)cn1. The Labute approximate surface area is 216 Å². The number of amides is 2. The number of nitrogens with zero attached hydrogens (tertiary/aromatic N) is 1. The van der Waals surface area contributed by atoms with Crippen LogP contribution >= 0.6 is 0 Å². The molecule has 0 radical (unpaired) electrons. The summed E-state index contributed by atoms with van der Waals surface area (Å²) >= 11 is 0. The van der Waals surface area contributed by atoms with Crippen LogP contribution in [0.1, 0.15) is 72.2 Å². The number of ether oxygens (including phenoxy) is 2. The number of halogens is 3. The van der Waals surface area contributed by atoms with Gasteiger partial charge in [0.15, 0.2) is 0 Å². The molecule has 0 bridgehead atoms. The summed E-state index contributed by atoms with van der Waals surface area (Å²) in [6.45, 7) is 11.2. The molecule has 10 heteroatoms. The fourth-order valence-corrected chi connectivity index (χ4v) is 3.58. The number of alkyl halides is 3. The number of nitrogens with one attached hydrogen (secondary N) is 2. The molecule has 1 aromatic heterocycles. The van der Waals surface area contributed by atoms with Gasteiger partial charge in [0.05, 0.1) is 24.0 Å². The summed E-state index contributed by atoms with van der Waals surface area (Å²) in [6, 6.07) is 10.8. The molecule has 0 aliphatic heterocycles. The Morgan fingerprint density at radius 1 is 0.919 bits per heavy atom. The second-order valence-corrected chi connectivity index (χ2v) is 10.7. The van der Waals surface area contributed by atoms with Gasteiger partial charge < -0.3 is 20.1 Å². The third-order valence-corrected chi connectivity index (χ3v) is 5.26. The van der Waals surface area contributed by atoms with Gasteiger partial charge in [-0.25, -0.2) is 4.79 Å². The maximum Gasteiger partial charge on any atom is 0.408 e. The van der Waals surface area contributed by atoms with Crippen LogP contribution in [-0.2, 0) is 19.8 Å². The van der Waals surface area contributed by atoms with E-state index in [1.807, 2.05) is 38.1 Å². The highest BCUT2D eigenvalue weighted by atomic mass is 19.3. The van der Waals surface area contributed by atoms with E-state index in [1.54, 1.807) is 39.1 Å². The lowest BCUT2D eigenvalue weighted by molar-refractivity contribution is -0.148. The molecule has 204 valence electrons. The number of benzene rings is 1. The Kier molecular flexibility index (Phi) is 9.71. The van der Waals surface area contributed by atoms with Crippen LogP contribution in [0.5, 0.6) is 0 Å². The largest absolute Gasteiger partial charge is 0.444 e. The first-order valence-electron chi connectivity index (χ1n) is 11.9. The van der Waals surface area contributed by atoms with Gasteiger partial charge in [-0.15, -0.1) is 0 Å². The van der Waals surface area contributed by atoms with Gasteiger partial charge in [-0.3, -0.25) is 14.2 Å². The predicted octanol–water partition coefficient (Wildman–Crippen LogP) is 6.04. The molecule has 1 heterocycles. The first-order chi connectivity index (χ1) is 17.0. The number of hydrogen-bond donors (Lipinski definition) is 2. The number of pyridine rings is 1. The molecule has 0 aliphatic rings. The Balaban J connectivity index is 2.15. The first kappa shape index (κ1) is 30.1. The van der Waals surface area contributed by atoms with Crippen molar-refractivity contribution in [3.8, 4) is 11.1 Å². The van der Waals surface area contributed by atoms with Crippen molar-refractivity contribution in [3.05, 3.63) is 53.9 Å². The topological polar surface area (TPSA) is 89.5 Å². The standard InChI is InChI=1S/C27H36F3N3O4/c1-25(2,3)37-24(35)33-26(4,5)21-13-12-19(16-31-21)17-8-10-18(11-9-17)20(14-15-28)36-27(6,7)32-23(34)22(29)30/h8-13,16,20,22H,14-15H2,1-7H3,(H,32,34)(H,33,35). The van der Waals surface area contributed by atoms with Crippen LogP contribution in [0.15, 0.2) is 42.6 Å². The van der Waals surface area contributed by atoms with Crippen LogP contribution in [-0.4, -0.2) is 41.4 Å². The molecule has 0 fully saturated rings. The Morgan fingerprint density at radius 3 is 2.00 bits per heavy atom. The number of hydrogen-bond acceptors (Lipinski definition) is 5. The Morgan fingerprint density at radius 2 is 1.51 bits per heavy atom. The zero-order valence-corrected chi connectivity index (χ0v) is 22.3. The molecule has 0 aliphatic carbocycles. The van der Waals surface area contributed by atoms with E-state index in [2.05, 4.69) is 15.6 Å². The van der Waals surface area contributed by atoms with Crippen molar-refractivity contribution in [3.63, 3.8) is 0 Å². The molecule has 2 aromatic rings. The van der Waals surface area contributed by atoms with Crippen LogP contribution in [0, 0.1) is 0 Å². The molecule has 1 aromatic carbocycles. The number of aromatic nitrogens is 1. The van der Waals surface area contributed by atoms with Crippen LogP contribution in [0.2, 0.25) is 0 Å². The lowest BCUT2D eigenvalue weighted by Crippen LogP contribution is -2.48. The monoisotopic (exact) mass is 523 g/mol. The lowest BCUT2D eigenvalue weighted by atomic mass is 9.97. The molecule has 0 spiro atoms. The zero-order chi connectivity index (χ0) is 28.0. The van der Waals surface area contributed by atoms with Gasteiger partial charge in [0.2, 0.25) is 0 Å². The van der Waals surface area contributed by atoms with E-state index in [0.29, 0.717) is 11.3 Å². The lowest BCUT2D eigenvalue weighted by Gasteiger charge is -2.31. The normalized spacial score (nSPS) is 13.3. The van der Waals surface area contributed by atoms with Gasteiger partial charge in [0.1, 0.15) is 11.3 Å². The summed E-state index contributed by atoms with van der Waals surface area (Å²) in [5.41, 5.74) is 0.116. The van der Waals surface area contributed by atoms with Gasteiger partial charge in [-0.05, 0) is 65.7 Å². The van der Waals surface area contributed by atoms with Crippen LogP contribution in [0.25, 0.3) is 11.1 Å². The van der Waals surface area contributed by atoms with Crippen LogP contribution in [0.3, 0.4) is 0 Å². The second-order valence-electron chi connectivity index (χ2n) is 10.7. The molecular weight excluding hydrogens is 487 g/mol. The van der Waals surface area contributed by atoms with E-state index in [9.17, 15) is 22.8 Å². The van der Waals surface area contributed by atoms with Crippen LogP contribution < -0.4 is 10.6 Å². The van der Waals surface area contributed by atoms with Gasteiger partial charge in [0.25, 0.3) is 5.91 Å². The summed E-state index contributed by atoms with van der Waals surface area (Å²) in [4.78, 5) is 28.1. The van der Waals surface area contributed by atoms with Crippen molar-refractivity contribution in [2.45, 2.75) is 84.3 Å². The van der Waals surface area contributed by atoms with Gasteiger partial charge in [0, 0.05) is 18.2 Å². The zero-order valence-electron chi connectivity index (χ0n) is 22.3. The van der Waals surface area contributed by atoms with Crippen molar-refractivity contribution in [2.75, 3.05) is 6.67 Å². The first-order valence-corrected chi connectivity index (χ1v) is 11.9. The highest BCUT2D eigenvalue weighted by Crippen LogP contribution is 2.29. The molecule has 0 saturated carbocycles. The third-order valence-electron chi connectivity index (χ3n) is 5.26. The summed E-state index contributed by atoms with van der Waals surface area (Å²) in [6.07, 6.45) is -2.81. The smallest absolute Gasteiger partial charge is 0.408 e. The highest BCUT2D eigenvalue weighted by Gasteiger charge is 2.30. The minimum atomic E-state index is -3.18. The molecule has 2 rings (SSSR count). The van der Waals surface area contributed by atoms with E-state index in [1.165, 1.54) is 13.8 Å². The molecule has 37 heavy (non-hydrogen) atoms. The van der Waals surface area contributed by atoms with Gasteiger partial charge >= 0.3 is 12.5 Å². The molecule has 1 unspecified atom stereocenters. The molecule has 7 nitrogen and oxygen atoms in total. The average molecular weight is 524 g/mol. The van der Waals surface area contributed by atoms with E-state index >= 15 is 0 Å². The van der Waals surface area contributed by atoms with Crippen molar-refractivity contribution in [1.29, 1.82) is 0 Å². The molecule has 2 N–H and O–H groups in total. The molecule has 2 amide bonds. The van der Waals surface area contributed by atoms with E-state index < -0.39 is 48.1 Å². The highest BCUT2D eigenvalue weighted by molar-refractivity contribution is 5.79. The summed E-state index contributed by atoms with van der Waals surface area (Å²) < 4.78 is 49.6. The number of alkyl carbamates (subject to hydrolysis) is 1. The van der Waals surface area contributed by atoms with E-state index in [4.69, 9.17) is 9.47 Å². The van der Waals surface area contributed by atoms with E-state index in [0.717, 1.165) is 11.1 Å². The number of rotatable bonds is 10. The maximum atomic E-state index is 13.2. The quantitative estimate of drug-likeness (QED) is 0.371. The average Bonchev–Trinajstić information content (AvgIpc) is 2.77. The van der Waals surface area contributed by atoms with Crippen molar-refractivity contribution >= 4 is 12.0 Å². The van der Waals surface area contributed by atoms with Gasteiger partial charge in [-0.2, -0.15) is 8.78 Å². The summed E-state index contributed by atoms with van der Waals surface area (Å²) in [5.74, 6) is -1.46. The summed E-state index contributed by atoms with van der Waals surface area (Å²) in [5, 5.41) is 4.94. The van der Waals surface area contributed by atoms with Crippen molar-refractivity contribution < 1.29 is 32.2 Å². The fourth-order valence-electron chi connectivity index (χ4n) is 3.58. The summed E-state index contributed by atoms with van der Waals surface area (Å²) in [7, 11) is 0. The molecular formula is C27H36F3N3O4. The minimum absolute atomic E-state index is 0.0106. The minimum Gasteiger partial charge on any atom is -0.444 e. The predicted molar refractivity (Wildman–Crippen MR) is 135 cm³/mol. The number of carbonyl (C=O) groups excluding carboxylic acids is 2. The third kappa shape index (κ3) is 9.35. The van der Waals surface area contributed by atoms with Crippen molar-refractivity contribution in [1.82, 2.24) is 15.6 Å². The molecule has 1 atom stereocenters. The van der Waals surface area contributed by atoms with Crippen molar-refractivity contribution in [2.24, 2.45) is 0 Å². The Hall–Kier alpha value is -3.14.